The van der Waals surface area contributed by atoms with Gasteiger partial charge in [-0.3, -0.25) is 4.90 Å². The number of ether oxygens (including phenoxy) is 1. The molecule has 2 heterocycles. The van der Waals surface area contributed by atoms with Crippen molar-refractivity contribution in [1.29, 1.82) is 0 Å². The van der Waals surface area contributed by atoms with Crippen molar-refractivity contribution in [2.24, 2.45) is 4.99 Å². The Bertz CT molecular complexity index is 681. The second kappa shape index (κ2) is 10.5. The van der Waals surface area contributed by atoms with Gasteiger partial charge in [0.05, 0.1) is 12.6 Å². The molecule has 1 unspecified atom stereocenters. The van der Waals surface area contributed by atoms with Crippen LogP contribution in [0.1, 0.15) is 38.2 Å². The molecule has 0 aromatic heterocycles. The molecule has 2 aliphatic heterocycles. The lowest BCUT2D eigenvalue weighted by atomic mass is 9.96. The first-order chi connectivity index (χ1) is 13.3. The zero-order chi connectivity index (χ0) is 18.5. The third-order valence-electron chi connectivity index (χ3n) is 5.88. The molecule has 1 aromatic rings. The maximum absolute atomic E-state index is 6.17. The van der Waals surface area contributed by atoms with Gasteiger partial charge in [0.2, 0.25) is 0 Å². The van der Waals surface area contributed by atoms with Gasteiger partial charge in [-0.15, -0.1) is 24.0 Å². The van der Waals surface area contributed by atoms with Crippen LogP contribution in [0.5, 0.6) is 5.75 Å². The molecule has 0 spiro atoms. The predicted octanol–water partition coefficient (Wildman–Crippen LogP) is 3.65. The zero-order valence-electron chi connectivity index (χ0n) is 16.8. The molecule has 0 radical (unpaired) electrons. The number of aliphatic imine (C=N–C) groups is 1. The largest absolute Gasteiger partial charge is 0.490 e. The van der Waals surface area contributed by atoms with E-state index in [2.05, 4.69) is 58.5 Å². The number of halogens is 1. The molecule has 2 fully saturated rings. The highest BCUT2D eigenvalue weighted by Gasteiger charge is 2.29. The molecule has 5 nitrogen and oxygen atoms in total. The van der Waals surface area contributed by atoms with Gasteiger partial charge in [-0.1, -0.05) is 30.4 Å². The van der Waals surface area contributed by atoms with Crippen LogP contribution in [0.25, 0.3) is 0 Å². The second-order valence-corrected chi connectivity index (χ2v) is 7.76. The highest BCUT2D eigenvalue weighted by atomic mass is 127. The van der Waals surface area contributed by atoms with Crippen molar-refractivity contribution in [2.75, 3.05) is 32.7 Å². The molecular weight excluding hydrogens is 463 g/mol. The molecule has 1 aliphatic carbocycles. The fraction of sp³-hybridized carbons (Fsp3) is 0.591. The molecule has 0 bridgehead atoms. The summed E-state index contributed by atoms with van der Waals surface area (Å²) >= 11 is 0. The summed E-state index contributed by atoms with van der Waals surface area (Å²) in [6, 6.07) is 9.00. The van der Waals surface area contributed by atoms with Crippen molar-refractivity contribution in [3.05, 3.63) is 42.0 Å². The van der Waals surface area contributed by atoms with Crippen LogP contribution in [0.4, 0.5) is 0 Å². The Labute approximate surface area is 186 Å². The van der Waals surface area contributed by atoms with Gasteiger partial charge >= 0.3 is 0 Å². The number of nitrogens with zero attached hydrogens (tertiary/aromatic N) is 3. The van der Waals surface area contributed by atoms with E-state index >= 15 is 0 Å². The van der Waals surface area contributed by atoms with Gasteiger partial charge in [-0.05, 0) is 38.7 Å². The Morgan fingerprint density at radius 2 is 1.96 bits per heavy atom. The quantitative estimate of drug-likeness (QED) is 0.283. The van der Waals surface area contributed by atoms with E-state index in [1.54, 1.807) is 0 Å². The zero-order valence-corrected chi connectivity index (χ0v) is 19.2. The highest BCUT2D eigenvalue weighted by Crippen LogP contribution is 2.28. The van der Waals surface area contributed by atoms with Gasteiger partial charge < -0.3 is 15.0 Å². The van der Waals surface area contributed by atoms with E-state index in [9.17, 15) is 0 Å². The topological polar surface area (TPSA) is 40.1 Å². The molecule has 1 atom stereocenters. The smallest absolute Gasteiger partial charge is 0.194 e. The molecule has 1 saturated heterocycles. The number of guanidine groups is 1. The van der Waals surface area contributed by atoms with Crippen LogP contribution in [0, 0.1) is 0 Å². The lowest BCUT2D eigenvalue weighted by molar-refractivity contribution is 0.119. The fourth-order valence-corrected chi connectivity index (χ4v) is 4.03. The summed E-state index contributed by atoms with van der Waals surface area (Å²) in [7, 11) is 0. The number of rotatable bonds is 6. The number of benzene rings is 1. The first-order valence-corrected chi connectivity index (χ1v) is 10.5. The van der Waals surface area contributed by atoms with Gasteiger partial charge in [-0.25, -0.2) is 4.99 Å². The summed E-state index contributed by atoms with van der Waals surface area (Å²) in [6.45, 7) is 8.03. The van der Waals surface area contributed by atoms with Gasteiger partial charge in [0, 0.05) is 44.3 Å². The average molecular weight is 496 g/mol. The van der Waals surface area contributed by atoms with Crippen LogP contribution in [-0.4, -0.2) is 60.6 Å². The van der Waals surface area contributed by atoms with Gasteiger partial charge in [0.15, 0.2) is 5.96 Å². The second-order valence-electron chi connectivity index (χ2n) is 7.76. The molecule has 3 aliphatic rings. The summed E-state index contributed by atoms with van der Waals surface area (Å²) < 4.78 is 6.17. The molecule has 4 rings (SSSR count). The van der Waals surface area contributed by atoms with Crippen molar-refractivity contribution in [3.63, 3.8) is 0 Å². The van der Waals surface area contributed by atoms with Crippen LogP contribution in [-0.2, 0) is 6.54 Å². The number of nitrogens with one attached hydrogen (secondary N) is 1. The van der Waals surface area contributed by atoms with Crippen molar-refractivity contribution in [3.8, 4) is 5.75 Å². The third kappa shape index (κ3) is 5.20. The third-order valence-corrected chi connectivity index (χ3v) is 5.88. The minimum Gasteiger partial charge on any atom is -0.490 e. The predicted molar refractivity (Wildman–Crippen MR) is 126 cm³/mol. The average Bonchev–Trinajstić information content (AvgIpc) is 3.34. The van der Waals surface area contributed by atoms with Crippen molar-refractivity contribution >= 4 is 29.9 Å². The van der Waals surface area contributed by atoms with Crippen LogP contribution in [0.15, 0.2) is 41.4 Å². The number of hydrogen-bond donors (Lipinski definition) is 1. The Hall–Kier alpha value is -1.28. The molecule has 0 amide bonds. The SMILES string of the molecule is CCNC(=NCc1ccccc1OC1CCC1)N1CCC(N2CC=CC2)C1.I. The lowest BCUT2D eigenvalue weighted by Gasteiger charge is -2.27. The normalized spacial score (nSPS) is 22.8. The van der Waals surface area contributed by atoms with Gasteiger partial charge in [0.25, 0.3) is 0 Å². The highest BCUT2D eigenvalue weighted by molar-refractivity contribution is 14.0. The van der Waals surface area contributed by atoms with Crippen LogP contribution < -0.4 is 10.1 Å². The first kappa shape index (κ1) is 21.4. The van der Waals surface area contributed by atoms with E-state index in [1.165, 1.54) is 31.2 Å². The molecule has 6 heteroatoms. The van der Waals surface area contributed by atoms with E-state index in [4.69, 9.17) is 9.73 Å². The Balaban J connectivity index is 0.00000225. The summed E-state index contributed by atoms with van der Waals surface area (Å²) in [5.74, 6) is 2.04. The van der Waals surface area contributed by atoms with Crippen LogP contribution in [0.2, 0.25) is 0 Å². The molecule has 1 aromatic carbocycles. The summed E-state index contributed by atoms with van der Waals surface area (Å²) in [5.41, 5.74) is 1.18. The number of likely N-dealkylation sites (tertiary alicyclic amines) is 1. The summed E-state index contributed by atoms with van der Waals surface area (Å²) in [5, 5.41) is 3.49. The number of para-hydroxylation sites is 1. The first-order valence-electron chi connectivity index (χ1n) is 10.5. The van der Waals surface area contributed by atoms with Crippen molar-refractivity contribution in [1.82, 2.24) is 15.1 Å². The van der Waals surface area contributed by atoms with E-state index in [1.807, 2.05) is 0 Å². The Morgan fingerprint density at radius 1 is 1.18 bits per heavy atom. The molecule has 1 saturated carbocycles. The van der Waals surface area contributed by atoms with Gasteiger partial charge in [-0.2, -0.15) is 0 Å². The van der Waals surface area contributed by atoms with Crippen LogP contribution >= 0.6 is 24.0 Å². The molecule has 1 N–H and O–H groups in total. The molecule has 28 heavy (non-hydrogen) atoms. The van der Waals surface area contributed by atoms with Crippen molar-refractivity contribution in [2.45, 2.75) is 51.3 Å². The number of hydrogen-bond acceptors (Lipinski definition) is 3. The molecular formula is C22H33IN4O. The Kier molecular flexibility index (Phi) is 8.02. The lowest BCUT2D eigenvalue weighted by Crippen LogP contribution is -2.42. The summed E-state index contributed by atoms with van der Waals surface area (Å²) in [6.07, 6.45) is 9.83. The Morgan fingerprint density at radius 3 is 2.68 bits per heavy atom. The maximum Gasteiger partial charge on any atom is 0.194 e. The fourth-order valence-electron chi connectivity index (χ4n) is 4.03. The van der Waals surface area contributed by atoms with E-state index in [0.717, 1.165) is 44.4 Å². The van der Waals surface area contributed by atoms with Crippen LogP contribution in [0.3, 0.4) is 0 Å². The monoisotopic (exact) mass is 496 g/mol. The minimum absolute atomic E-state index is 0. The van der Waals surface area contributed by atoms with E-state index < -0.39 is 0 Å². The molecule has 154 valence electrons. The standard InChI is InChI=1S/C22H32N4O.HI/c1-2-23-22(26-15-12-19(17-26)25-13-5-6-14-25)24-16-18-8-3-4-11-21(18)27-20-9-7-10-20;/h3-6,8,11,19-20H,2,7,9-10,12-17H2,1H3,(H,23,24);1H. The van der Waals surface area contributed by atoms with Gasteiger partial charge in [0.1, 0.15) is 5.75 Å². The maximum atomic E-state index is 6.17. The van der Waals surface area contributed by atoms with E-state index in [0.29, 0.717) is 18.7 Å². The van der Waals surface area contributed by atoms with Crippen molar-refractivity contribution < 1.29 is 4.74 Å². The van der Waals surface area contributed by atoms with E-state index in [-0.39, 0.29) is 24.0 Å². The minimum atomic E-state index is 0. The summed E-state index contributed by atoms with van der Waals surface area (Å²) in [4.78, 5) is 9.94.